The molecule has 1 amide bonds. The molecule has 164 valence electrons. The van der Waals surface area contributed by atoms with E-state index in [1.807, 2.05) is 41.0 Å². The van der Waals surface area contributed by atoms with Crippen LogP contribution in [-0.2, 0) is 4.79 Å². The molecule has 3 aromatic carbocycles. The zero-order valence-corrected chi connectivity index (χ0v) is 19.1. The number of carbonyl (C=O) groups excluding carboxylic acids is 1. The highest BCUT2D eigenvalue weighted by molar-refractivity contribution is 7.99. The molecule has 0 spiro atoms. The normalized spacial score (nSPS) is 10.5. The summed E-state index contributed by atoms with van der Waals surface area (Å²) >= 11 is 7.32. The van der Waals surface area contributed by atoms with Crippen molar-refractivity contribution in [1.29, 1.82) is 5.26 Å². The molecule has 0 radical (unpaired) electrons. The Hall–Kier alpha value is -3.80. The van der Waals surface area contributed by atoms with Gasteiger partial charge in [-0.1, -0.05) is 47.6 Å². The molecule has 4 rings (SSSR count). The Morgan fingerprint density at radius 2 is 1.82 bits per heavy atom. The van der Waals surface area contributed by atoms with Crippen LogP contribution < -0.4 is 10.1 Å². The summed E-state index contributed by atoms with van der Waals surface area (Å²) in [5, 5.41) is 21.9. The van der Waals surface area contributed by atoms with E-state index in [0.29, 0.717) is 33.0 Å². The number of hydrogen-bond donors (Lipinski definition) is 1. The van der Waals surface area contributed by atoms with Crippen LogP contribution in [0.25, 0.3) is 17.1 Å². The molecule has 0 aliphatic heterocycles. The van der Waals surface area contributed by atoms with Crippen LogP contribution in [0.4, 0.5) is 5.69 Å². The number of ether oxygens (including phenoxy) is 1. The number of benzene rings is 3. The lowest BCUT2D eigenvalue weighted by molar-refractivity contribution is -0.113. The van der Waals surface area contributed by atoms with Gasteiger partial charge >= 0.3 is 0 Å². The third kappa shape index (κ3) is 5.00. The lowest BCUT2D eigenvalue weighted by Crippen LogP contribution is -2.15. The number of methoxy groups -OCH3 is 1. The van der Waals surface area contributed by atoms with E-state index in [0.717, 1.165) is 11.3 Å². The SMILES string of the molecule is COc1ccccc1-c1nnc(SCC(=O)Nc2ccccc2C#N)n1-c1ccc(Cl)cc1. The molecule has 1 heterocycles. The molecule has 0 saturated heterocycles. The van der Waals surface area contributed by atoms with Gasteiger partial charge in [-0.3, -0.25) is 9.36 Å². The summed E-state index contributed by atoms with van der Waals surface area (Å²) in [6.45, 7) is 0. The van der Waals surface area contributed by atoms with Crippen molar-refractivity contribution >= 4 is 35.0 Å². The van der Waals surface area contributed by atoms with Crippen molar-refractivity contribution < 1.29 is 9.53 Å². The van der Waals surface area contributed by atoms with E-state index in [4.69, 9.17) is 16.3 Å². The first kappa shape index (κ1) is 22.4. The molecule has 0 saturated carbocycles. The van der Waals surface area contributed by atoms with Crippen LogP contribution in [-0.4, -0.2) is 33.5 Å². The third-order valence-electron chi connectivity index (χ3n) is 4.72. The van der Waals surface area contributed by atoms with Gasteiger partial charge in [0.2, 0.25) is 5.91 Å². The molecule has 0 atom stereocenters. The summed E-state index contributed by atoms with van der Waals surface area (Å²) in [6.07, 6.45) is 0. The standard InChI is InChI=1S/C24H18ClN5O2S/c1-32-21-9-5-3-7-19(21)23-28-29-24(30(23)18-12-10-17(25)11-13-18)33-15-22(31)27-20-8-4-2-6-16(20)14-26/h2-13H,15H2,1H3,(H,27,31). The Morgan fingerprint density at radius 1 is 1.09 bits per heavy atom. The Balaban J connectivity index is 1.64. The number of para-hydroxylation sites is 2. The highest BCUT2D eigenvalue weighted by atomic mass is 35.5. The quantitative estimate of drug-likeness (QED) is 0.369. The van der Waals surface area contributed by atoms with Crippen LogP contribution in [0.15, 0.2) is 78.0 Å². The predicted octanol–water partition coefficient (Wildman–Crippen LogP) is 5.20. The zero-order chi connectivity index (χ0) is 23.2. The Morgan fingerprint density at radius 3 is 2.58 bits per heavy atom. The van der Waals surface area contributed by atoms with Crippen molar-refractivity contribution in [1.82, 2.24) is 14.8 Å². The minimum Gasteiger partial charge on any atom is -0.496 e. The fourth-order valence-electron chi connectivity index (χ4n) is 3.20. The molecule has 0 aliphatic carbocycles. The van der Waals surface area contributed by atoms with Gasteiger partial charge in [0, 0.05) is 10.7 Å². The largest absolute Gasteiger partial charge is 0.496 e. The van der Waals surface area contributed by atoms with E-state index < -0.39 is 0 Å². The van der Waals surface area contributed by atoms with Crippen molar-refractivity contribution in [3.05, 3.63) is 83.4 Å². The topological polar surface area (TPSA) is 92.8 Å². The number of nitriles is 1. The molecular formula is C24H18ClN5O2S. The van der Waals surface area contributed by atoms with E-state index in [2.05, 4.69) is 21.6 Å². The minimum absolute atomic E-state index is 0.0808. The molecule has 0 unspecified atom stereocenters. The van der Waals surface area contributed by atoms with Gasteiger partial charge < -0.3 is 10.1 Å². The molecule has 7 nitrogen and oxygen atoms in total. The summed E-state index contributed by atoms with van der Waals surface area (Å²) in [5.41, 5.74) is 2.43. The fraction of sp³-hybridized carbons (Fsp3) is 0.0833. The van der Waals surface area contributed by atoms with E-state index in [1.165, 1.54) is 11.8 Å². The third-order valence-corrected chi connectivity index (χ3v) is 5.90. The van der Waals surface area contributed by atoms with Gasteiger partial charge in [-0.05, 0) is 48.5 Å². The number of carbonyl (C=O) groups is 1. The lowest BCUT2D eigenvalue weighted by Gasteiger charge is -2.12. The summed E-state index contributed by atoms with van der Waals surface area (Å²) in [6, 6.07) is 23.7. The van der Waals surface area contributed by atoms with E-state index in [9.17, 15) is 10.1 Å². The number of nitrogens with one attached hydrogen (secondary N) is 1. The average molecular weight is 476 g/mol. The lowest BCUT2D eigenvalue weighted by atomic mass is 10.2. The first-order valence-corrected chi connectivity index (χ1v) is 11.2. The van der Waals surface area contributed by atoms with Crippen molar-refractivity contribution in [2.45, 2.75) is 5.16 Å². The number of rotatable bonds is 7. The van der Waals surface area contributed by atoms with Gasteiger partial charge in [0.05, 0.1) is 29.7 Å². The van der Waals surface area contributed by atoms with Crippen LogP contribution in [0.3, 0.4) is 0 Å². The minimum atomic E-state index is -0.257. The van der Waals surface area contributed by atoms with Crippen LogP contribution >= 0.6 is 23.4 Å². The smallest absolute Gasteiger partial charge is 0.234 e. The molecule has 1 N–H and O–H groups in total. The van der Waals surface area contributed by atoms with E-state index in [1.54, 1.807) is 43.5 Å². The van der Waals surface area contributed by atoms with Crippen molar-refractivity contribution in [2.24, 2.45) is 0 Å². The molecular weight excluding hydrogens is 458 g/mol. The number of thioether (sulfide) groups is 1. The van der Waals surface area contributed by atoms with Crippen molar-refractivity contribution in [3.63, 3.8) is 0 Å². The number of hydrogen-bond acceptors (Lipinski definition) is 6. The maximum atomic E-state index is 12.6. The van der Waals surface area contributed by atoms with Crippen LogP contribution in [0, 0.1) is 11.3 Å². The second-order valence-electron chi connectivity index (χ2n) is 6.81. The Kier molecular flexibility index (Phi) is 6.93. The van der Waals surface area contributed by atoms with Crippen LogP contribution in [0.2, 0.25) is 5.02 Å². The van der Waals surface area contributed by atoms with Crippen molar-refractivity contribution in [3.8, 4) is 28.9 Å². The fourth-order valence-corrected chi connectivity index (χ4v) is 4.07. The molecule has 1 aromatic heterocycles. The zero-order valence-electron chi connectivity index (χ0n) is 17.5. The van der Waals surface area contributed by atoms with Gasteiger partial charge in [0.25, 0.3) is 0 Å². The molecule has 9 heteroatoms. The number of anilines is 1. The van der Waals surface area contributed by atoms with Gasteiger partial charge in [0.1, 0.15) is 11.8 Å². The van der Waals surface area contributed by atoms with Crippen LogP contribution in [0.5, 0.6) is 5.75 Å². The number of amides is 1. The highest BCUT2D eigenvalue weighted by Crippen LogP contribution is 2.33. The Labute approximate surface area is 200 Å². The maximum Gasteiger partial charge on any atom is 0.234 e. The first-order valence-electron chi connectivity index (χ1n) is 9.87. The number of halogens is 1. The highest BCUT2D eigenvalue weighted by Gasteiger charge is 2.20. The maximum absolute atomic E-state index is 12.6. The predicted molar refractivity (Wildman–Crippen MR) is 129 cm³/mol. The van der Waals surface area contributed by atoms with Gasteiger partial charge in [-0.2, -0.15) is 5.26 Å². The summed E-state index contributed by atoms with van der Waals surface area (Å²) < 4.78 is 7.36. The van der Waals surface area contributed by atoms with E-state index in [-0.39, 0.29) is 11.7 Å². The second-order valence-corrected chi connectivity index (χ2v) is 8.19. The number of aromatic nitrogens is 3. The monoisotopic (exact) mass is 475 g/mol. The van der Waals surface area contributed by atoms with Gasteiger partial charge in [-0.25, -0.2) is 0 Å². The van der Waals surface area contributed by atoms with Crippen molar-refractivity contribution in [2.75, 3.05) is 18.2 Å². The van der Waals surface area contributed by atoms with E-state index >= 15 is 0 Å². The number of nitrogens with zero attached hydrogens (tertiary/aromatic N) is 4. The molecule has 0 bridgehead atoms. The van der Waals surface area contributed by atoms with Gasteiger partial charge in [0.15, 0.2) is 11.0 Å². The Bertz CT molecular complexity index is 1330. The average Bonchev–Trinajstić information content (AvgIpc) is 3.27. The summed E-state index contributed by atoms with van der Waals surface area (Å²) in [7, 11) is 1.60. The molecule has 33 heavy (non-hydrogen) atoms. The van der Waals surface area contributed by atoms with Gasteiger partial charge in [-0.15, -0.1) is 10.2 Å². The molecule has 4 aromatic rings. The van der Waals surface area contributed by atoms with Crippen LogP contribution in [0.1, 0.15) is 5.56 Å². The first-order chi connectivity index (χ1) is 16.1. The summed E-state index contributed by atoms with van der Waals surface area (Å²) in [4.78, 5) is 12.6. The second kappa shape index (κ2) is 10.2. The molecule has 0 fully saturated rings. The summed E-state index contributed by atoms with van der Waals surface area (Å²) in [5.74, 6) is 1.06. The molecule has 0 aliphatic rings.